The second-order valence-electron chi connectivity index (χ2n) is 3.02. The minimum absolute atomic E-state index is 0.729. The van der Waals surface area contributed by atoms with Crippen LogP contribution >= 0.6 is 24.8 Å². The third kappa shape index (κ3) is 1.49. The fourth-order valence-corrected chi connectivity index (χ4v) is 2.03. The van der Waals surface area contributed by atoms with Gasteiger partial charge in [0.25, 0.3) is 0 Å². The van der Waals surface area contributed by atoms with Crippen LogP contribution in [0.3, 0.4) is 0 Å². The molecule has 1 aromatic heterocycles. The normalized spacial score (nSPS) is 10.6. The zero-order chi connectivity index (χ0) is 9.42. The van der Waals surface area contributed by atoms with E-state index in [0.717, 1.165) is 20.4 Å². The third-order valence-corrected chi connectivity index (χ3v) is 2.65. The van der Waals surface area contributed by atoms with Gasteiger partial charge in [-0.15, -0.1) is 12.6 Å². The molecule has 0 atom stereocenters. The molecule has 0 amide bonds. The summed E-state index contributed by atoms with van der Waals surface area (Å²) >= 11 is 9.46. The minimum Gasteiger partial charge on any atom is -0.346 e. The van der Waals surface area contributed by atoms with Gasteiger partial charge in [0, 0.05) is 10.3 Å². The second kappa shape index (κ2) is 3.16. The van der Waals surface area contributed by atoms with Crippen LogP contribution in [0.15, 0.2) is 29.2 Å². The first-order chi connectivity index (χ1) is 6.18. The summed E-state index contributed by atoms with van der Waals surface area (Å²) in [5.74, 6) is 0. The lowest BCUT2D eigenvalue weighted by molar-refractivity contribution is 1.30. The molecule has 2 rings (SSSR count). The molecule has 3 heteroatoms. The van der Waals surface area contributed by atoms with Gasteiger partial charge in [-0.25, -0.2) is 0 Å². The number of aromatic nitrogens is 1. The van der Waals surface area contributed by atoms with E-state index < -0.39 is 0 Å². The number of para-hydroxylation sites is 1. The topological polar surface area (TPSA) is 15.8 Å². The highest BCUT2D eigenvalue weighted by atomic mass is 32.1. The minimum atomic E-state index is 0.729. The molecule has 1 N–H and O–H groups in total. The number of hydrogen-bond donors (Lipinski definition) is 2. The van der Waals surface area contributed by atoms with Gasteiger partial charge in [-0.2, -0.15) is 0 Å². The molecule has 2 aromatic rings. The summed E-state index contributed by atoms with van der Waals surface area (Å²) in [7, 11) is 0. The van der Waals surface area contributed by atoms with Gasteiger partial charge in [-0.05, 0) is 18.6 Å². The van der Waals surface area contributed by atoms with Gasteiger partial charge in [0.05, 0.1) is 5.52 Å². The van der Waals surface area contributed by atoms with Crippen LogP contribution < -0.4 is 0 Å². The highest BCUT2D eigenvalue weighted by Gasteiger charge is 1.99. The first-order valence-corrected chi connectivity index (χ1v) is 4.85. The molecule has 0 spiro atoms. The van der Waals surface area contributed by atoms with Gasteiger partial charge in [-0.1, -0.05) is 30.4 Å². The maximum Gasteiger partial charge on any atom is 0.104 e. The molecule has 1 nitrogen and oxygen atoms in total. The van der Waals surface area contributed by atoms with Crippen molar-refractivity contribution in [3.05, 3.63) is 34.5 Å². The lowest BCUT2D eigenvalue weighted by Gasteiger charge is -2.03. The van der Waals surface area contributed by atoms with Crippen LogP contribution in [0.4, 0.5) is 0 Å². The van der Waals surface area contributed by atoms with E-state index in [0.29, 0.717) is 0 Å². The molecule has 66 valence electrons. The smallest absolute Gasteiger partial charge is 0.104 e. The molecule has 0 saturated carbocycles. The van der Waals surface area contributed by atoms with Gasteiger partial charge in [0.1, 0.15) is 4.64 Å². The highest BCUT2D eigenvalue weighted by molar-refractivity contribution is 7.80. The summed E-state index contributed by atoms with van der Waals surface area (Å²) < 4.78 is 0.729. The molecule has 0 fully saturated rings. The van der Waals surface area contributed by atoms with Gasteiger partial charge in [0.15, 0.2) is 0 Å². The van der Waals surface area contributed by atoms with Gasteiger partial charge in [0.2, 0.25) is 0 Å². The maximum atomic E-state index is 5.08. The number of thiol groups is 1. The van der Waals surface area contributed by atoms with Gasteiger partial charge >= 0.3 is 0 Å². The van der Waals surface area contributed by atoms with Crippen LogP contribution in [0.5, 0.6) is 0 Å². The lowest BCUT2D eigenvalue weighted by atomic mass is 10.1. The Bertz CT molecular complexity index is 514. The van der Waals surface area contributed by atoms with Crippen molar-refractivity contribution in [2.24, 2.45) is 0 Å². The number of benzene rings is 1. The fraction of sp³-hybridized carbons (Fsp3) is 0.100. The number of rotatable bonds is 0. The van der Waals surface area contributed by atoms with Crippen molar-refractivity contribution in [2.45, 2.75) is 11.8 Å². The highest BCUT2D eigenvalue weighted by Crippen LogP contribution is 2.22. The Hall–Kier alpha value is -0.800. The number of fused-ring (bicyclic) bond motifs is 1. The van der Waals surface area contributed by atoms with Crippen LogP contribution in [-0.4, -0.2) is 4.98 Å². The van der Waals surface area contributed by atoms with Crippen molar-refractivity contribution in [1.29, 1.82) is 0 Å². The van der Waals surface area contributed by atoms with E-state index in [1.807, 2.05) is 18.2 Å². The fourth-order valence-electron chi connectivity index (χ4n) is 1.41. The van der Waals surface area contributed by atoms with E-state index in [4.69, 9.17) is 12.2 Å². The van der Waals surface area contributed by atoms with Crippen molar-refractivity contribution in [3.63, 3.8) is 0 Å². The van der Waals surface area contributed by atoms with E-state index in [9.17, 15) is 0 Å². The van der Waals surface area contributed by atoms with Crippen LogP contribution in [0, 0.1) is 11.6 Å². The Balaban J connectivity index is 3.03. The van der Waals surface area contributed by atoms with Gasteiger partial charge < -0.3 is 4.98 Å². The Labute approximate surface area is 87.2 Å². The summed E-state index contributed by atoms with van der Waals surface area (Å²) in [4.78, 5) is 4.10. The molecule has 0 radical (unpaired) electrons. The largest absolute Gasteiger partial charge is 0.346 e. The zero-order valence-electron chi connectivity index (χ0n) is 7.16. The van der Waals surface area contributed by atoms with Crippen LogP contribution in [-0.2, 0) is 0 Å². The van der Waals surface area contributed by atoms with Crippen LogP contribution in [0.25, 0.3) is 10.9 Å². The maximum absolute atomic E-state index is 5.08. The predicted molar refractivity (Wildman–Crippen MR) is 61.1 cm³/mol. The first-order valence-electron chi connectivity index (χ1n) is 4.00. The van der Waals surface area contributed by atoms with E-state index in [1.54, 1.807) is 0 Å². The van der Waals surface area contributed by atoms with E-state index >= 15 is 0 Å². The predicted octanol–water partition coefficient (Wildman–Crippen LogP) is 3.49. The molecule has 13 heavy (non-hydrogen) atoms. The SMILES string of the molecule is Cc1cccc2c(S)cc(=S)[nH]c12. The summed E-state index contributed by atoms with van der Waals surface area (Å²) in [6.07, 6.45) is 0. The number of aromatic amines is 1. The third-order valence-electron chi connectivity index (χ3n) is 2.06. The Kier molecular flexibility index (Phi) is 2.14. The van der Waals surface area contributed by atoms with Crippen molar-refractivity contribution >= 4 is 35.7 Å². The molecule has 0 bridgehead atoms. The number of H-pyrrole nitrogens is 1. The lowest BCUT2D eigenvalue weighted by Crippen LogP contribution is -1.84. The van der Waals surface area contributed by atoms with E-state index in [2.05, 4.69) is 30.6 Å². The Morgan fingerprint density at radius 2 is 2.15 bits per heavy atom. The monoisotopic (exact) mass is 207 g/mol. The van der Waals surface area contributed by atoms with E-state index in [1.165, 1.54) is 5.56 Å². The molecule has 0 unspecified atom stereocenters. The Morgan fingerprint density at radius 3 is 2.92 bits per heavy atom. The summed E-state index contributed by atoms with van der Waals surface area (Å²) in [5.41, 5.74) is 2.28. The first kappa shape index (κ1) is 8.78. The molecule has 0 saturated heterocycles. The molecule has 0 aliphatic heterocycles. The Morgan fingerprint density at radius 1 is 1.38 bits per heavy atom. The quantitative estimate of drug-likeness (QED) is 0.499. The van der Waals surface area contributed by atoms with Crippen molar-refractivity contribution < 1.29 is 0 Å². The number of pyridine rings is 1. The molecular weight excluding hydrogens is 198 g/mol. The van der Waals surface area contributed by atoms with Crippen molar-refractivity contribution in [3.8, 4) is 0 Å². The molecule has 0 aliphatic carbocycles. The van der Waals surface area contributed by atoms with Crippen LogP contribution in [0.1, 0.15) is 5.56 Å². The number of aryl methyl sites for hydroxylation is 1. The number of hydrogen-bond acceptors (Lipinski definition) is 2. The second-order valence-corrected chi connectivity index (χ2v) is 3.94. The van der Waals surface area contributed by atoms with Crippen molar-refractivity contribution in [2.75, 3.05) is 0 Å². The average molecular weight is 207 g/mol. The summed E-state index contributed by atoms with van der Waals surface area (Å²) in [5, 5.41) is 1.12. The zero-order valence-corrected chi connectivity index (χ0v) is 8.88. The van der Waals surface area contributed by atoms with Gasteiger partial charge in [-0.3, -0.25) is 0 Å². The van der Waals surface area contributed by atoms with E-state index in [-0.39, 0.29) is 0 Å². The van der Waals surface area contributed by atoms with Crippen LogP contribution in [0.2, 0.25) is 0 Å². The summed E-state index contributed by atoms with van der Waals surface area (Å²) in [6, 6.07) is 7.98. The average Bonchev–Trinajstić information content (AvgIpc) is 2.07. The van der Waals surface area contributed by atoms with Crippen molar-refractivity contribution in [1.82, 2.24) is 4.98 Å². The molecule has 0 aliphatic rings. The molecule has 1 aromatic carbocycles. The molecular formula is C10H9NS2. The molecule has 1 heterocycles. The number of nitrogens with one attached hydrogen (secondary N) is 1. The standard InChI is InChI=1S/C10H9NS2/c1-6-3-2-4-7-8(12)5-9(13)11-10(6)7/h2-5H,1H3,(H2,11,12,13). The summed E-state index contributed by atoms with van der Waals surface area (Å²) in [6.45, 7) is 2.06.